The number of anilines is 1. The molecule has 1 aliphatic rings. The highest BCUT2D eigenvalue weighted by atomic mass is 16.3. The third-order valence-electron chi connectivity index (χ3n) is 3.85. The predicted molar refractivity (Wildman–Crippen MR) is 81.7 cm³/mol. The van der Waals surface area contributed by atoms with Crippen molar-refractivity contribution >= 4 is 11.6 Å². The second kappa shape index (κ2) is 6.15. The molecular weight excluding hydrogens is 282 g/mol. The number of aryl methyl sites for hydroxylation is 1. The van der Waals surface area contributed by atoms with Crippen molar-refractivity contribution in [2.45, 2.75) is 13.0 Å². The smallest absolute Gasteiger partial charge is 0.274 e. The van der Waals surface area contributed by atoms with E-state index in [9.17, 15) is 9.90 Å². The molecule has 2 N–H and O–H groups in total. The van der Waals surface area contributed by atoms with Gasteiger partial charge in [0, 0.05) is 50.0 Å². The number of aromatic amines is 1. The number of nitrogens with zero attached hydrogens (tertiary/aromatic N) is 4. The lowest BCUT2D eigenvalue weighted by molar-refractivity contribution is 0.0668. The number of aliphatic hydroxyl groups excluding tert-OH is 1. The molecular formula is C15H19N5O2. The van der Waals surface area contributed by atoms with Gasteiger partial charge in [0.2, 0.25) is 0 Å². The lowest BCUT2D eigenvalue weighted by Crippen LogP contribution is -2.38. The molecule has 1 fully saturated rings. The van der Waals surface area contributed by atoms with E-state index in [1.807, 2.05) is 19.1 Å². The number of aromatic nitrogens is 3. The summed E-state index contributed by atoms with van der Waals surface area (Å²) in [4.78, 5) is 27.2. The van der Waals surface area contributed by atoms with Crippen molar-refractivity contribution in [3.05, 3.63) is 42.2 Å². The monoisotopic (exact) mass is 301 g/mol. The zero-order chi connectivity index (χ0) is 15.5. The lowest BCUT2D eigenvalue weighted by atomic mass is 10.2. The van der Waals surface area contributed by atoms with E-state index in [1.54, 1.807) is 17.3 Å². The Morgan fingerprint density at radius 1 is 1.32 bits per heavy atom. The van der Waals surface area contributed by atoms with Crippen LogP contribution < -0.4 is 4.90 Å². The van der Waals surface area contributed by atoms with Gasteiger partial charge in [-0.1, -0.05) is 0 Å². The quantitative estimate of drug-likeness (QED) is 0.840. The first-order valence-corrected chi connectivity index (χ1v) is 7.27. The Morgan fingerprint density at radius 2 is 2.09 bits per heavy atom. The number of hydrogen-bond donors (Lipinski definition) is 2. The van der Waals surface area contributed by atoms with Crippen LogP contribution in [0.25, 0.3) is 0 Å². The van der Waals surface area contributed by atoms with Crippen LogP contribution in [0.15, 0.2) is 30.9 Å². The number of β-amino-alcohol motifs (C(OH)–C–C–N with tert-alkyl or cyclic N) is 1. The molecule has 0 saturated carbocycles. The van der Waals surface area contributed by atoms with Crippen LogP contribution >= 0.6 is 0 Å². The van der Waals surface area contributed by atoms with Crippen LogP contribution in [0.4, 0.5) is 5.69 Å². The molecule has 22 heavy (non-hydrogen) atoms. The Hall–Kier alpha value is -2.41. The van der Waals surface area contributed by atoms with Crippen LogP contribution in [-0.4, -0.2) is 63.1 Å². The Bertz CT molecular complexity index is 642. The Kier molecular flexibility index (Phi) is 4.06. The molecule has 1 saturated heterocycles. The molecule has 0 radical (unpaired) electrons. The number of pyridine rings is 1. The summed E-state index contributed by atoms with van der Waals surface area (Å²) in [5.41, 5.74) is 2.17. The fraction of sp³-hybridized carbons (Fsp3) is 0.400. The van der Waals surface area contributed by atoms with Crippen LogP contribution in [0.5, 0.6) is 0 Å². The normalized spacial score (nSPS) is 19.1. The summed E-state index contributed by atoms with van der Waals surface area (Å²) >= 11 is 0. The fourth-order valence-corrected chi connectivity index (χ4v) is 2.69. The van der Waals surface area contributed by atoms with Gasteiger partial charge in [-0.25, -0.2) is 4.98 Å². The van der Waals surface area contributed by atoms with Crippen molar-refractivity contribution in [3.8, 4) is 0 Å². The Morgan fingerprint density at radius 3 is 2.77 bits per heavy atom. The van der Waals surface area contributed by atoms with Crippen molar-refractivity contribution in [1.29, 1.82) is 0 Å². The SMILES string of the molecule is Cc1[nH]cnc1C(=O)N1CCN(c2ccncc2)CC(O)C1. The van der Waals surface area contributed by atoms with E-state index >= 15 is 0 Å². The minimum absolute atomic E-state index is 0.144. The molecule has 2 aromatic heterocycles. The maximum Gasteiger partial charge on any atom is 0.274 e. The van der Waals surface area contributed by atoms with Crippen molar-refractivity contribution in [2.24, 2.45) is 0 Å². The van der Waals surface area contributed by atoms with Crippen LogP contribution in [0.2, 0.25) is 0 Å². The molecule has 0 bridgehead atoms. The summed E-state index contributed by atoms with van der Waals surface area (Å²) < 4.78 is 0. The van der Waals surface area contributed by atoms with E-state index < -0.39 is 6.10 Å². The topological polar surface area (TPSA) is 85.4 Å². The molecule has 0 aromatic carbocycles. The maximum atomic E-state index is 12.5. The van der Waals surface area contributed by atoms with Crippen LogP contribution in [0, 0.1) is 6.92 Å². The highest BCUT2D eigenvalue weighted by Crippen LogP contribution is 2.16. The van der Waals surface area contributed by atoms with Crippen molar-refractivity contribution < 1.29 is 9.90 Å². The van der Waals surface area contributed by atoms with Gasteiger partial charge in [-0.05, 0) is 19.1 Å². The van der Waals surface area contributed by atoms with Gasteiger partial charge in [0.15, 0.2) is 0 Å². The van der Waals surface area contributed by atoms with Crippen LogP contribution in [0.3, 0.4) is 0 Å². The number of amides is 1. The molecule has 2 aromatic rings. The van der Waals surface area contributed by atoms with Crippen molar-refractivity contribution in [3.63, 3.8) is 0 Å². The largest absolute Gasteiger partial charge is 0.389 e. The standard InChI is InChI=1S/C15H19N5O2/c1-11-14(18-10-17-11)15(22)20-7-6-19(8-13(21)9-20)12-2-4-16-5-3-12/h2-5,10,13,21H,6-9H2,1H3,(H,17,18). The highest BCUT2D eigenvalue weighted by molar-refractivity contribution is 5.93. The van der Waals surface area contributed by atoms with E-state index in [1.165, 1.54) is 6.33 Å². The molecule has 0 aliphatic carbocycles. The molecule has 116 valence electrons. The molecule has 1 atom stereocenters. The number of hydrogen-bond acceptors (Lipinski definition) is 5. The molecule has 1 amide bonds. The molecule has 1 aliphatic heterocycles. The van der Waals surface area contributed by atoms with Gasteiger partial charge in [0.25, 0.3) is 5.91 Å². The fourth-order valence-electron chi connectivity index (χ4n) is 2.69. The maximum absolute atomic E-state index is 12.5. The minimum Gasteiger partial charge on any atom is -0.389 e. The number of carbonyl (C=O) groups is 1. The number of rotatable bonds is 2. The number of aliphatic hydroxyl groups is 1. The van der Waals surface area contributed by atoms with Gasteiger partial charge in [-0.2, -0.15) is 0 Å². The second-order valence-electron chi connectivity index (χ2n) is 5.43. The number of H-pyrrole nitrogens is 1. The predicted octanol–water partition coefficient (Wildman–Crippen LogP) is 0.436. The first kappa shape index (κ1) is 14.5. The third kappa shape index (κ3) is 2.94. The molecule has 0 spiro atoms. The summed E-state index contributed by atoms with van der Waals surface area (Å²) in [7, 11) is 0. The first-order valence-electron chi connectivity index (χ1n) is 7.27. The van der Waals surface area contributed by atoms with Gasteiger partial charge in [-0.3, -0.25) is 9.78 Å². The van der Waals surface area contributed by atoms with Gasteiger partial charge >= 0.3 is 0 Å². The highest BCUT2D eigenvalue weighted by Gasteiger charge is 2.27. The third-order valence-corrected chi connectivity index (χ3v) is 3.85. The molecule has 7 heteroatoms. The molecule has 1 unspecified atom stereocenters. The van der Waals surface area contributed by atoms with Gasteiger partial charge in [0.1, 0.15) is 5.69 Å². The van der Waals surface area contributed by atoms with Crippen molar-refractivity contribution in [1.82, 2.24) is 19.9 Å². The summed E-state index contributed by atoms with van der Waals surface area (Å²) in [5, 5.41) is 10.2. The Balaban J connectivity index is 1.75. The van der Waals surface area contributed by atoms with E-state index in [2.05, 4.69) is 19.9 Å². The molecule has 3 rings (SSSR count). The van der Waals surface area contributed by atoms with Gasteiger partial charge in [0.05, 0.1) is 12.4 Å². The zero-order valence-corrected chi connectivity index (χ0v) is 12.4. The molecule has 7 nitrogen and oxygen atoms in total. The summed E-state index contributed by atoms with van der Waals surface area (Å²) in [6, 6.07) is 3.81. The van der Waals surface area contributed by atoms with Crippen LogP contribution in [-0.2, 0) is 0 Å². The van der Waals surface area contributed by atoms with Gasteiger partial charge in [-0.15, -0.1) is 0 Å². The van der Waals surface area contributed by atoms with E-state index in [-0.39, 0.29) is 5.91 Å². The summed E-state index contributed by atoms with van der Waals surface area (Å²) in [5.74, 6) is -0.144. The number of imidazole rings is 1. The van der Waals surface area contributed by atoms with E-state index in [0.29, 0.717) is 31.9 Å². The summed E-state index contributed by atoms with van der Waals surface area (Å²) in [6.45, 7) is 3.83. The molecule has 3 heterocycles. The van der Waals surface area contributed by atoms with E-state index in [4.69, 9.17) is 0 Å². The average molecular weight is 301 g/mol. The minimum atomic E-state index is -0.598. The first-order chi connectivity index (χ1) is 10.6. The van der Waals surface area contributed by atoms with Gasteiger partial charge < -0.3 is 19.9 Å². The zero-order valence-electron chi connectivity index (χ0n) is 12.4. The van der Waals surface area contributed by atoms with Crippen molar-refractivity contribution in [2.75, 3.05) is 31.1 Å². The average Bonchev–Trinajstić information content (AvgIpc) is 2.85. The second-order valence-corrected chi connectivity index (χ2v) is 5.43. The van der Waals surface area contributed by atoms with Crippen LogP contribution in [0.1, 0.15) is 16.2 Å². The number of nitrogens with one attached hydrogen (secondary N) is 1. The van der Waals surface area contributed by atoms with E-state index in [0.717, 1.165) is 11.4 Å². The lowest BCUT2D eigenvalue weighted by Gasteiger charge is -2.23. The number of carbonyl (C=O) groups excluding carboxylic acids is 1. The summed E-state index contributed by atoms with van der Waals surface area (Å²) in [6.07, 6.45) is 4.37. The Labute approximate surface area is 128 Å².